The summed E-state index contributed by atoms with van der Waals surface area (Å²) in [4.78, 5) is 17.9. The highest BCUT2D eigenvalue weighted by Crippen LogP contribution is 2.36. The van der Waals surface area contributed by atoms with E-state index < -0.39 is 6.04 Å². The number of benzene rings is 3. The van der Waals surface area contributed by atoms with Gasteiger partial charge in [0.2, 0.25) is 5.95 Å². The molecule has 36 heavy (non-hydrogen) atoms. The number of anilines is 2. The van der Waals surface area contributed by atoms with Gasteiger partial charge in [-0.15, -0.1) is 0 Å². The van der Waals surface area contributed by atoms with Crippen molar-refractivity contribution in [1.29, 1.82) is 0 Å². The summed E-state index contributed by atoms with van der Waals surface area (Å²) >= 11 is 0. The van der Waals surface area contributed by atoms with Gasteiger partial charge in [-0.1, -0.05) is 54.1 Å². The number of ether oxygens (including phenoxy) is 1. The van der Waals surface area contributed by atoms with Crippen LogP contribution in [0.2, 0.25) is 0 Å². The summed E-state index contributed by atoms with van der Waals surface area (Å²) in [7, 11) is 0. The highest BCUT2D eigenvalue weighted by molar-refractivity contribution is 6.06. The lowest BCUT2D eigenvalue weighted by molar-refractivity contribution is -0.113. The van der Waals surface area contributed by atoms with Crippen LogP contribution in [0.5, 0.6) is 5.75 Å². The smallest absolute Gasteiger partial charge is 0.255 e. The number of carbonyl (C=O) groups excluding carboxylic acids is 1. The van der Waals surface area contributed by atoms with Crippen molar-refractivity contribution < 1.29 is 9.53 Å². The van der Waals surface area contributed by atoms with Gasteiger partial charge in [-0.05, 0) is 68.1 Å². The van der Waals surface area contributed by atoms with E-state index in [4.69, 9.17) is 4.74 Å². The molecule has 7 nitrogen and oxygen atoms in total. The van der Waals surface area contributed by atoms with Crippen LogP contribution in [0, 0.1) is 20.8 Å². The first kappa shape index (κ1) is 23.4. The third-order valence-electron chi connectivity index (χ3n) is 6.52. The Labute approximate surface area is 210 Å². The number of rotatable bonds is 6. The van der Waals surface area contributed by atoms with Gasteiger partial charge in [0.05, 0.1) is 5.57 Å². The molecule has 1 atom stereocenters. The Morgan fingerprint density at radius 3 is 2.53 bits per heavy atom. The largest absolute Gasteiger partial charge is 0.489 e. The second-order valence-electron chi connectivity index (χ2n) is 9.15. The number of hydrogen-bond donors (Lipinski definition) is 2. The quantitative estimate of drug-likeness (QED) is 0.370. The highest BCUT2D eigenvalue weighted by Gasteiger charge is 2.33. The molecule has 0 fully saturated rings. The molecule has 7 heteroatoms. The van der Waals surface area contributed by atoms with Gasteiger partial charge in [0, 0.05) is 11.4 Å². The van der Waals surface area contributed by atoms with E-state index in [0.29, 0.717) is 18.1 Å². The molecule has 2 heterocycles. The lowest BCUT2D eigenvalue weighted by Crippen LogP contribution is -2.31. The van der Waals surface area contributed by atoms with Crippen molar-refractivity contribution in [3.63, 3.8) is 0 Å². The molecule has 1 aliphatic rings. The molecule has 3 aromatic carbocycles. The van der Waals surface area contributed by atoms with Gasteiger partial charge in [-0.3, -0.25) is 4.79 Å². The van der Waals surface area contributed by atoms with Crippen molar-refractivity contribution in [2.75, 3.05) is 10.6 Å². The van der Waals surface area contributed by atoms with Gasteiger partial charge in [0.1, 0.15) is 24.7 Å². The number of aromatic nitrogens is 3. The summed E-state index contributed by atoms with van der Waals surface area (Å²) in [5.41, 5.74) is 7.53. The maximum absolute atomic E-state index is 13.6. The van der Waals surface area contributed by atoms with Crippen LogP contribution >= 0.6 is 0 Å². The van der Waals surface area contributed by atoms with Crippen LogP contribution in [0.4, 0.5) is 11.6 Å². The van der Waals surface area contributed by atoms with E-state index in [1.807, 2.05) is 69.3 Å². The van der Waals surface area contributed by atoms with Crippen LogP contribution in [-0.4, -0.2) is 20.7 Å². The molecular weight excluding hydrogens is 450 g/mol. The Bertz CT molecular complexity index is 1450. The standard InChI is InChI=1S/C29H29N5O2/c1-18-9-14-25(20(3)15-18)33-28(35)26-21(4)32-29-30-17-31-34(29)27(26)22-10-12-24(13-11-22)36-16-23-8-6-5-7-19(23)2/h5-15,17,27H,16H2,1-4H3,(H,33,35)(H,30,31,32). The predicted molar refractivity (Wildman–Crippen MR) is 141 cm³/mol. The molecule has 0 saturated carbocycles. The molecule has 1 unspecified atom stereocenters. The molecule has 0 bridgehead atoms. The maximum atomic E-state index is 13.6. The van der Waals surface area contributed by atoms with Crippen LogP contribution < -0.4 is 15.4 Å². The van der Waals surface area contributed by atoms with Gasteiger partial charge in [0.25, 0.3) is 5.91 Å². The molecule has 5 rings (SSSR count). The van der Waals surface area contributed by atoms with Crippen molar-refractivity contribution in [1.82, 2.24) is 14.8 Å². The molecule has 0 radical (unpaired) electrons. The number of hydrogen-bond acceptors (Lipinski definition) is 5. The Morgan fingerprint density at radius 1 is 1.00 bits per heavy atom. The molecule has 1 aromatic heterocycles. The summed E-state index contributed by atoms with van der Waals surface area (Å²) in [6.45, 7) is 8.49. The van der Waals surface area contributed by atoms with Crippen molar-refractivity contribution in [3.05, 3.63) is 112 Å². The lowest BCUT2D eigenvalue weighted by Gasteiger charge is -2.29. The van der Waals surface area contributed by atoms with Crippen molar-refractivity contribution in [2.24, 2.45) is 0 Å². The van der Waals surface area contributed by atoms with E-state index in [9.17, 15) is 4.79 Å². The lowest BCUT2D eigenvalue weighted by atomic mass is 9.94. The molecular formula is C29H29N5O2. The Hall–Kier alpha value is -4.39. The number of allylic oxidation sites excluding steroid dienone is 1. The Morgan fingerprint density at radius 2 is 1.78 bits per heavy atom. The van der Waals surface area contributed by atoms with Crippen LogP contribution in [-0.2, 0) is 11.4 Å². The number of aryl methyl sites for hydroxylation is 3. The molecule has 1 aliphatic heterocycles. The first-order valence-corrected chi connectivity index (χ1v) is 11.9. The minimum absolute atomic E-state index is 0.182. The number of fused-ring (bicyclic) bond motifs is 1. The first-order chi connectivity index (χ1) is 17.4. The number of amides is 1. The van der Waals surface area contributed by atoms with E-state index in [1.54, 1.807) is 4.68 Å². The Kier molecular flexibility index (Phi) is 6.29. The second kappa shape index (κ2) is 9.70. The van der Waals surface area contributed by atoms with Crippen LogP contribution in [0.15, 0.2) is 84.3 Å². The second-order valence-corrected chi connectivity index (χ2v) is 9.15. The third kappa shape index (κ3) is 4.60. The SMILES string of the molecule is CC1=C(C(=O)Nc2ccc(C)cc2C)C(c2ccc(OCc3ccccc3C)cc2)n2ncnc2N1. The van der Waals surface area contributed by atoms with Gasteiger partial charge in [0.15, 0.2) is 0 Å². The highest BCUT2D eigenvalue weighted by atomic mass is 16.5. The van der Waals surface area contributed by atoms with Crippen molar-refractivity contribution >= 4 is 17.5 Å². The van der Waals surface area contributed by atoms with Crippen LogP contribution in [0.1, 0.15) is 40.8 Å². The molecule has 0 aliphatic carbocycles. The van der Waals surface area contributed by atoms with Crippen LogP contribution in [0.3, 0.4) is 0 Å². The topological polar surface area (TPSA) is 81.1 Å². The van der Waals surface area contributed by atoms with E-state index in [-0.39, 0.29) is 5.91 Å². The minimum Gasteiger partial charge on any atom is -0.489 e. The fourth-order valence-corrected chi connectivity index (χ4v) is 4.52. The van der Waals surface area contributed by atoms with Crippen molar-refractivity contribution in [3.8, 4) is 5.75 Å². The molecule has 1 amide bonds. The summed E-state index contributed by atoms with van der Waals surface area (Å²) in [5.74, 6) is 1.18. The van der Waals surface area contributed by atoms with Gasteiger partial charge in [-0.25, -0.2) is 4.68 Å². The number of nitrogens with one attached hydrogen (secondary N) is 2. The predicted octanol–water partition coefficient (Wildman–Crippen LogP) is 5.71. The van der Waals surface area contributed by atoms with Gasteiger partial charge < -0.3 is 15.4 Å². The zero-order chi connectivity index (χ0) is 25.2. The third-order valence-corrected chi connectivity index (χ3v) is 6.52. The minimum atomic E-state index is -0.431. The zero-order valence-electron chi connectivity index (χ0n) is 20.9. The average molecular weight is 480 g/mol. The monoisotopic (exact) mass is 479 g/mol. The fraction of sp³-hybridized carbons (Fsp3) is 0.207. The van der Waals surface area contributed by atoms with E-state index >= 15 is 0 Å². The molecule has 4 aromatic rings. The van der Waals surface area contributed by atoms with Crippen molar-refractivity contribution in [2.45, 2.75) is 40.3 Å². The molecule has 0 spiro atoms. The van der Waals surface area contributed by atoms with E-state index in [0.717, 1.165) is 39.4 Å². The van der Waals surface area contributed by atoms with E-state index in [1.165, 1.54) is 11.9 Å². The van der Waals surface area contributed by atoms with Gasteiger partial charge in [-0.2, -0.15) is 10.1 Å². The maximum Gasteiger partial charge on any atom is 0.255 e. The average Bonchev–Trinajstić information content (AvgIpc) is 3.33. The Balaban J connectivity index is 1.42. The van der Waals surface area contributed by atoms with Gasteiger partial charge >= 0.3 is 0 Å². The molecule has 0 saturated heterocycles. The zero-order valence-corrected chi connectivity index (χ0v) is 20.9. The molecule has 2 N–H and O–H groups in total. The number of carbonyl (C=O) groups is 1. The first-order valence-electron chi connectivity index (χ1n) is 11.9. The summed E-state index contributed by atoms with van der Waals surface area (Å²) in [6.07, 6.45) is 1.49. The molecule has 182 valence electrons. The summed E-state index contributed by atoms with van der Waals surface area (Å²) < 4.78 is 7.77. The summed E-state index contributed by atoms with van der Waals surface area (Å²) in [5, 5.41) is 10.7. The summed E-state index contributed by atoms with van der Waals surface area (Å²) in [6, 6.07) is 21.6. The number of nitrogens with zero attached hydrogens (tertiary/aromatic N) is 3. The fourth-order valence-electron chi connectivity index (χ4n) is 4.52. The van der Waals surface area contributed by atoms with Crippen LogP contribution in [0.25, 0.3) is 0 Å². The van der Waals surface area contributed by atoms with E-state index in [2.05, 4.69) is 45.8 Å². The normalized spacial score (nSPS) is 14.7.